The number of nitrogens with two attached hydrogens (primary N) is 1. The third kappa shape index (κ3) is 8.60. The maximum absolute atomic E-state index is 11.9. The molecule has 0 rings (SSSR count). The standard InChI is InChI=1S/C11H23N3O6S/c1-7(2)9(14-10(16)8(12)6-15)11(17)13-4-3-5-21(18,19)20/h7-9,15H,3-6,12H2,1-2H3,(H,13,17)(H,14,16)(H,18,19,20)/t8-,9-/m0/s1. The van der Waals surface area contributed by atoms with E-state index in [0.717, 1.165) is 0 Å². The summed E-state index contributed by atoms with van der Waals surface area (Å²) in [4.78, 5) is 23.5. The summed E-state index contributed by atoms with van der Waals surface area (Å²) >= 11 is 0. The van der Waals surface area contributed by atoms with Crippen molar-refractivity contribution in [2.45, 2.75) is 32.4 Å². The molecule has 0 bridgehead atoms. The predicted octanol–water partition coefficient (Wildman–Crippen LogP) is -2.16. The van der Waals surface area contributed by atoms with E-state index in [1.165, 1.54) is 0 Å². The molecule has 10 heteroatoms. The zero-order chi connectivity index (χ0) is 16.6. The van der Waals surface area contributed by atoms with Gasteiger partial charge in [0.15, 0.2) is 0 Å². The predicted molar refractivity (Wildman–Crippen MR) is 75.9 cm³/mol. The van der Waals surface area contributed by atoms with Crippen LogP contribution in [0.1, 0.15) is 20.3 Å². The number of hydrogen-bond donors (Lipinski definition) is 5. The quantitative estimate of drug-likeness (QED) is 0.238. The second-order valence-electron chi connectivity index (χ2n) is 4.95. The number of nitrogens with one attached hydrogen (secondary N) is 2. The lowest BCUT2D eigenvalue weighted by atomic mass is 10.0. The second kappa shape index (κ2) is 8.93. The Morgan fingerprint density at radius 2 is 1.81 bits per heavy atom. The van der Waals surface area contributed by atoms with Crippen LogP contribution in [0.3, 0.4) is 0 Å². The van der Waals surface area contributed by atoms with Crippen molar-refractivity contribution in [1.29, 1.82) is 0 Å². The van der Waals surface area contributed by atoms with E-state index >= 15 is 0 Å². The van der Waals surface area contributed by atoms with Crippen molar-refractivity contribution in [3.63, 3.8) is 0 Å². The Bertz CT molecular complexity index is 451. The van der Waals surface area contributed by atoms with Gasteiger partial charge in [0, 0.05) is 6.54 Å². The van der Waals surface area contributed by atoms with E-state index in [2.05, 4.69) is 10.6 Å². The number of hydrogen-bond acceptors (Lipinski definition) is 6. The van der Waals surface area contributed by atoms with Crippen molar-refractivity contribution in [3.05, 3.63) is 0 Å². The third-order valence-corrected chi connectivity index (χ3v) is 3.46. The van der Waals surface area contributed by atoms with Crippen LogP contribution in [-0.4, -0.2) is 60.9 Å². The summed E-state index contributed by atoms with van der Waals surface area (Å²) < 4.78 is 29.6. The van der Waals surface area contributed by atoms with Crippen LogP contribution in [0.5, 0.6) is 0 Å². The average Bonchev–Trinajstić information content (AvgIpc) is 2.37. The molecule has 0 spiro atoms. The summed E-state index contributed by atoms with van der Waals surface area (Å²) in [5, 5.41) is 13.7. The normalized spacial score (nSPS) is 14.6. The molecule has 6 N–H and O–H groups in total. The molecule has 0 saturated carbocycles. The molecule has 0 unspecified atom stereocenters. The zero-order valence-electron chi connectivity index (χ0n) is 12.1. The van der Waals surface area contributed by atoms with Crippen LogP contribution in [0.4, 0.5) is 0 Å². The molecule has 9 nitrogen and oxygen atoms in total. The SMILES string of the molecule is CC(C)[C@H](NC(=O)[C@@H](N)CO)C(=O)NCCCS(=O)(=O)O. The molecule has 0 radical (unpaired) electrons. The smallest absolute Gasteiger partial charge is 0.264 e. The Morgan fingerprint density at radius 1 is 1.24 bits per heavy atom. The molecule has 0 aromatic heterocycles. The van der Waals surface area contributed by atoms with E-state index < -0.39 is 46.4 Å². The monoisotopic (exact) mass is 325 g/mol. The highest BCUT2D eigenvalue weighted by atomic mass is 32.2. The Labute approximate surface area is 124 Å². The van der Waals surface area contributed by atoms with E-state index in [-0.39, 0.29) is 18.9 Å². The Kier molecular flexibility index (Phi) is 8.40. The highest BCUT2D eigenvalue weighted by molar-refractivity contribution is 7.85. The van der Waals surface area contributed by atoms with Crippen LogP contribution >= 0.6 is 0 Å². The van der Waals surface area contributed by atoms with Crippen molar-refractivity contribution in [1.82, 2.24) is 10.6 Å². The highest BCUT2D eigenvalue weighted by Gasteiger charge is 2.25. The molecule has 0 aliphatic heterocycles. The van der Waals surface area contributed by atoms with E-state index in [1.54, 1.807) is 13.8 Å². The van der Waals surface area contributed by atoms with Gasteiger partial charge in [0.2, 0.25) is 11.8 Å². The maximum atomic E-state index is 11.9. The first-order valence-electron chi connectivity index (χ1n) is 6.48. The fourth-order valence-electron chi connectivity index (χ4n) is 1.45. The molecule has 0 heterocycles. The van der Waals surface area contributed by atoms with Gasteiger partial charge in [-0.1, -0.05) is 13.8 Å². The molecule has 0 aliphatic rings. The van der Waals surface area contributed by atoms with Gasteiger partial charge in [-0.25, -0.2) is 0 Å². The van der Waals surface area contributed by atoms with Gasteiger partial charge in [0.1, 0.15) is 12.1 Å². The topological polar surface area (TPSA) is 159 Å². The van der Waals surface area contributed by atoms with Gasteiger partial charge in [-0.15, -0.1) is 0 Å². The molecule has 2 amide bonds. The molecular weight excluding hydrogens is 302 g/mol. The van der Waals surface area contributed by atoms with Gasteiger partial charge in [0.05, 0.1) is 12.4 Å². The summed E-state index contributed by atoms with van der Waals surface area (Å²) in [5.74, 6) is -1.81. The number of rotatable bonds is 9. The van der Waals surface area contributed by atoms with E-state index in [9.17, 15) is 18.0 Å². The van der Waals surface area contributed by atoms with Crippen LogP contribution in [0.2, 0.25) is 0 Å². The summed E-state index contributed by atoms with van der Waals surface area (Å²) in [5.41, 5.74) is 5.35. The Hall–Kier alpha value is -1.23. The van der Waals surface area contributed by atoms with E-state index in [4.69, 9.17) is 15.4 Å². The van der Waals surface area contributed by atoms with Crippen molar-refractivity contribution < 1.29 is 27.7 Å². The van der Waals surface area contributed by atoms with Crippen LogP contribution in [0, 0.1) is 5.92 Å². The molecule has 124 valence electrons. The third-order valence-electron chi connectivity index (χ3n) is 2.66. The molecule has 21 heavy (non-hydrogen) atoms. The molecule has 0 aromatic rings. The van der Waals surface area contributed by atoms with Crippen molar-refractivity contribution in [3.8, 4) is 0 Å². The fourth-order valence-corrected chi connectivity index (χ4v) is 1.96. The summed E-state index contributed by atoms with van der Waals surface area (Å²) in [6, 6.07) is -1.96. The second-order valence-corrected chi connectivity index (χ2v) is 6.52. The lowest BCUT2D eigenvalue weighted by Gasteiger charge is -2.23. The largest absolute Gasteiger partial charge is 0.394 e. The maximum Gasteiger partial charge on any atom is 0.264 e. The minimum absolute atomic E-state index is 0.0454. The molecule has 0 saturated heterocycles. The summed E-state index contributed by atoms with van der Waals surface area (Å²) in [6.07, 6.45) is 0.0550. The highest BCUT2D eigenvalue weighted by Crippen LogP contribution is 2.02. The van der Waals surface area contributed by atoms with Gasteiger partial charge in [-0.3, -0.25) is 14.1 Å². The van der Waals surface area contributed by atoms with Crippen LogP contribution in [0.15, 0.2) is 0 Å². The first kappa shape index (κ1) is 19.8. The van der Waals surface area contributed by atoms with Gasteiger partial charge < -0.3 is 21.5 Å². The molecule has 0 fully saturated rings. The average molecular weight is 325 g/mol. The van der Waals surface area contributed by atoms with Gasteiger partial charge in [-0.2, -0.15) is 8.42 Å². The van der Waals surface area contributed by atoms with Gasteiger partial charge in [0.25, 0.3) is 10.1 Å². The van der Waals surface area contributed by atoms with Crippen molar-refractivity contribution in [2.75, 3.05) is 18.9 Å². The molecule has 0 aromatic carbocycles. The number of amides is 2. The fraction of sp³-hybridized carbons (Fsp3) is 0.818. The summed E-state index contributed by atoms with van der Waals surface area (Å²) in [7, 11) is -4.06. The number of aliphatic hydroxyl groups is 1. The van der Waals surface area contributed by atoms with Crippen molar-refractivity contribution in [2.24, 2.45) is 11.7 Å². The van der Waals surface area contributed by atoms with Crippen LogP contribution < -0.4 is 16.4 Å². The minimum Gasteiger partial charge on any atom is -0.394 e. The first-order chi connectivity index (χ1) is 9.58. The van der Waals surface area contributed by atoms with E-state index in [0.29, 0.717) is 0 Å². The molecule has 0 aliphatic carbocycles. The van der Waals surface area contributed by atoms with Gasteiger partial charge >= 0.3 is 0 Å². The minimum atomic E-state index is -4.06. The Balaban J connectivity index is 4.40. The lowest BCUT2D eigenvalue weighted by Crippen LogP contribution is -2.54. The molecule has 2 atom stereocenters. The number of carbonyl (C=O) groups excluding carboxylic acids is 2. The lowest BCUT2D eigenvalue weighted by molar-refractivity contribution is -0.131. The first-order valence-corrected chi connectivity index (χ1v) is 8.09. The van der Waals surface area contributed by atoms with Crippen LogP contribution in [-0.2, 0) is 19.7 Å². The van der Waals surface area contributed by atoms with E-state index in [1.807, 2.05) is 0 Å². The zero-order valence-corrected chi connectivity index (χ0v) is 12.9. The van der Waals surface area contributed by atoms with Crippen molar-refractivity contribution >= 4 is 21.9 Å². The van der Waals surface area contributed by atoms with Gasteiger partial charge in [-0.05, 0) is 12.3 Å². The number of carbonyl (C=O) groups is 2. The van der Waals surface area contributed by atoms with Crippen LogP contribution in [0.25, 0.3) is 0 Å². The molecular formula is C11H23N3O6S. The summed E-state index contributed by atoms with van der Waals surface area (Å²) in [6.45, 7) is 2.94. The Morgan fingerprint density at radius 3 is 2.24 bits per heavy atom. The number of aliphatic hydroxyl groups excluding tert-OH is 1.